The highest BCUT2D eigenvalue weighted by Gasteiger charge is 2.21. The van der Waals surface area contributed by atoms with Crippen LogP contribution in [-0.2, 0) is 10.8 Å². The minimum Gasteiger partial charge on any atom is -0.486 e. The lowest BCUT2D eigenvalue weighted by Crippen LogP contribution is -2.46. The second-order valence-corrected chi connectivity index (χ2v) is 8.86. The van der Waals surface area contributed by atoms with E-state index in [1.54, 1.807) is 7.05 Å². The van der Waals surface area contributed by atoms with Crippen LogP contribution < -0.4 is 20.1 Å². The van der Waals surface area contributed by atoms with Gasteiger partial charge < -0.3 is 20.1 Å². The normalized spacial score (nSPS) is 18.1. The number of nitrogens with one attached hydrogen (secondary N) is 2. The molecule has 0 spiro atoms. The molecule has 0 bridgehead atoms. The zero-order valence-electron chi connectivity index (χ0n) is 15.2. The van der Waals surface area contributed by atoms with Crippen LogP contribution in [0.3, 0.4) is 0 Å². The molecule has 1 aliphatic rings. The fourth-order valence-electron chi connectivity index (χ4n) is 2.16. The molecule has 0 saturated carbocycles. The first kappa shape index (κ1) is 22.0. The predicted molar refractivity (Wildman–Crippen MR) is 114 cm³/mol. The van der Waals surface area contributed by atoms with Crippen LogP contribution in [0, 0.1) is 0 Å². The Morgan fingerprint density at radius 1 is 1.28 bits per heavy atom. The maximum absolute atomic E-state index is 12.0. The molecule has 0 aliphatic carbocycles. The average Bonchev–Trinajstić information content (AvgIpc) is 2.56. The monoisotopic (exact) mass is 481 g/mol. The lowest BCUT2D eigenvalue weighted by atomic mass is 10.2. The summed E-state index contributed by atoms with van der Waals surface area (Å²) >= 11 is 0. The Kier molecular flexibility index (Phi) is 8.98. The largest absolute Gasteiger partial charge is 0.486 e. The molecule has 0 aromatic heterocycles. The minimum atomic E-state index is -0.879. The van der Waals surface area contributed by atoms with Crippen molar-refractivity contribution in [2.75, 3.05) is 32.5 Å². The topological polar surface area (TPSA) is 72.0 Å². The van der Waals surface area contributed by atoms with E-state index >= 15 is 0 Å². The van der Waals surface area contributed by atoms with Crippen molar-refractivity contribution in [3.8, 4) is 11.5 Å². The number of aliphatic imine (C=N–C) groups is 1. The van der Waals surface area contributed by atoms with Crippen LogP contribution in [-0.4, -0.2) is 53.5 Å². The number of guanidine groups is 1. The third-order valence-corrected chi connectivity index (χ3v) is 5.49. The Morgan fingerprint density at radius 3 is 2.60 bits per heavy atom. The Labute approximate surface area is 169 Å². The van der Waals surface area contributed by atoms with E-state index in [2.05, 4.69) is 15.6 Å². The van der Waals surface area contributed by atoms with Gasteiger partial charge >= 0.3 is 0 Å². The zero-order chi connectivity index (χ0) is 17.6. The van der Waals surface area contributed by atoms with Gasteiger partial charge in [0, 0.05) is 34.9 Å². The van der Waals surface area contributed by atoms with Gasteiger partial charge in [0.15, 0.2) is 17.5 Å². The lowest BCUT2D eigenvalue weighted by molar-refractivity contribution is 0.0936. The maximum Gasteiger partial charge on any atom is 0.191 e. The van der Waals surface area contributed by atoms with Crippen molar-refractivity contribution >= 4 is 40.7 Å². The average molecular weight is 481 g/mol. The first-order chi connectivity index (χ1) is 11.4. The summed E-state index contributed by atoms with van der Waals surface area (Å²) in [4.78, 5) is 4.17. The number of nitrogens with zero attached hydrogens (tertiary/aromatic N) is 1. The number of rotatable bonds is 5. The molecule has 1 aromatic carbocycles. The van der Waals surface area contributed by atoms with Crippen LogP contribution in [0.25, 0.3) is 0 Å². The van der Waals surface area contributed by atoms with Crippen molar-refractivity contribution in [2.45, 2.75) is 31.6 Å². The van der Waals surface area contributed by atoms with Gasteiger partial charge in [0.1, 0.15) is 12.7 Å². The molecule has 2 unspecified atom stereocenters. The highest BCUT2D eigenvalue weighted by atomic mass is 127. The van der Waals surface area contributed by atoms with Crippen LogP contribution in [0.4, 0.5) is 0 Å². The van der Waals surface area contributed by atoms with Gasteiger partial charge in [-0.3, -0.25) is 9.20 Å². The van der Waals surface area contributed by atoms with Gasteiger partial charge in [0.05, 0.1) is 6.54 Å². The van der Waals surface area contributed by atoms with E-state index < -0.39 is 10.8 Å². The Bertz CT molecular complexity index is 605. The third kappa shape index (κ3) is 7.01. The number of para-hydroxylation sites is 2. The van der Waals surface area contributed by atoms with E-state index in [0.717, 1.165) is 11.5 Å². The van der Waals surface area contributed by atoms with Crippen molar-refractivity contribution in [1.29, 1.82) is 0 Å². The van der Waals surface area contributed by atoms with Crippen LogP contribution in [0.2, 0.25) is 0 Å². The highest BCUT2D eigenvalue weighted by molar-refractivity contribution is 14.0. The summed E-state index contributed by atoms with van der Waals surface area (Å²) in [6.07, 6.45) is -0.0813. The predicted octanol–water partition coefficient (Wildman–Crippen LogP) is 2.16. The highest BCUT2D eigenvalue weighted by Crippen LogP contribution is 2.30. The fraction of sp³-hybridized carbons (Fsp3) is 0.588. The second kappa shape index (κ2) is 10.2. The smallest absolute Gasteiger partial charge is 0.191 e. The Balaban J connectivity index is 0.00000312. The Hall–Kier alpha value is -1.03. The number of benzene rings is 1. The molecule has 0 saturated heterocycles. The molecule has 2 atom stereocenters. The number of halogens is 1. The van der Waals surface area contributed by atoms with Crippen molar-refractivity contribution in [3.05, 3.63) is 24.3 Å². The van der Waals surface area contributed by atoms with Gasteiger partial charge in [-0.25, -0.2) is 0 Å². The molecule has 6 nitrogen and oxygen atoms in total. The SMILES string of the molecule is CN=C(NCCS(=O)C(C)(C)C)NCC1COc2ccccc2O1.I. The van der Waals surface area contributed by atoms with E-state index in [1.165, 1.54) is 0 Å². The van der Waals surface area contributed by atoms with Crippen LogP contribution >= 0.6 is 24.0 Å². The molecule has 8 heteroatoms. The number of fused-ring (bicyclic) bond motifs is 1. The van der Waals surface area contributed by atoms with E-state index in [0.29, 0.717) is 31.4 Å². The molecular formula is C17H28IN3O3S. The van der Waals surface area contributed by atoms with Gasteiger partial charge in [-0.05, 0) is 32.9 Å². The molecule has 1 heterocycles. The lowest BCUT2D eigenvalue weighted by Gasteiger charge is -2.27. The summed E-state index contributed by atoms with van der Waals surface area (Å²) in [5.74, 6) is 2.80. The third-order valence-electron chi connectivity index (χ3n) is 3.55. The summed E-state index contributed by atoms with van der Waals surface area (Å²) in [6, 6.07) is 7.65. The second-order valence-electron chi connectivity index (χ2n) is 6.54. The minimum absolute atomic E-state index is 0. The molecule has 0 amide bonds. The standard InChI is InChI=1S/C17H27N3O3S.HI/c1-17(2,3)24(21)10-9-19-16(18-4)20-11-13-12-22-14-7-5-6-8-15(14)23-13;/h5-8,13H,9-12H2,1-4H3,(H2,18,19,20);1H. The van der Waals surface area contributed by atoms with Crippen LogP contribution in [0.5, 0.6) is 11.5 Å². The summed E-state index contributed by atoms with van der Waals surface area (Å²) in [5, 5.41) is 6.40. The fourth-order valence-corrected chi connectivity index (χ4v) is 3.06. The van der Waals surface area contributed by atoms with E-state index in [-0.39, 0.29) is 34.8 Å². The van der Waals surface area contributed by atoms with Gasteiger partial charge in [0.25, 0.3) is 0 Å². The summed E-state index contributed by atoms with van der Waals surface area (Å²) in [5.41, 5.74) is 0. The molecule has 0 fully saturated rings. The molecule has 142 valence electrons. The summed E-state index contributed by atoms with van der Waals surface area (Å²) in [6.45, 7) is 7.62. The molecule has 2 rings (SSSR count). The van der Waals surface area contributed by atoms with Crippen molar-refractivity contribution in [2.24, 2.45) is 4.99 Å². The maximum atomic E-state index is 12.0. The molecule has 1 aromatic rings. The number of hydrogen-bond donors (Lipinski definition) is 2. The van der Waals surface area contributed by atoms with Gasteiger partial charge in [0.2, 0.25) is 0 Å². The quantitative estimate of drug-likeness (QED) is 0.383. The first-order valence-corrected chi connectivity index (χ1v) is 9.43. The summed E-state index contributed by atoms with van der Waals surface area (Å²) < 4.78 is 23.4. The van der Waals surface area contributed by atoms with Gasteiger partial charge in [-0.1, -0.05) is 12.1 Å². The zero-order valence-corrected chi connectivity index (χ0v) is 18.4. The molecular weight excluding hydrogens is 453 g/mol. The molecule has 1 aliphatic heterocycles. The molecule has 0 radical (unpaired) electrons. The van der Waals surface area contributed by atoms with Crippen molar-refractivity contribution in [3.63, 3.8) is 0 Å². The molecule has 2 N–H and O–H groups in total. The van der Waals surface area contributed by atoms with E-state index in [4.69, 9.17) is 9.47 Å². The van der Waals surface area contributed by atoms with Crippen LogP contribution in [0.15, 0.2) is 29.3 Å². The molecule has 25 heavy (non-hydrogen) atoms. The van der Waals surface area contributed by atoms with E-state index in [1.807, 2.05) is 45.0 Å². The van der Waals surface area contributed by atoms with Crippen molar-refractivity contribution < 1.29 is 13.7 Å². The number of ether oxygens (including phenoxy) is 2. The van der Waals surface area contributed by atoms with Crippen molar-refractivity contribution in [1.82, 2.24) is 10.6 Å². The van der Waals surface area contributed by atoms with Gasteiger partial charge in [-0.2, -0.15) is 0 Å². The van der Waals surface area contributed by atoms with Crippen LogP contribution in [0.1, 0.15) is 20.8 Å². The van der Waals surface area contributed by atoms with Gasteiger partial charge in [-0.15, -0.1) is 24.0 Å². The first-order valence-electron chi connectivity index (χ1n) is 8.11. The van der Waals surface area contributed by atoms with E-state index in [9.17, 15) is 4.21 Å². The summed E-state index contributed by atoms with van der Waals surface area (Å²) in [7, 11) is 0.833. The number of hydrogen-bond acceptors (Lipinski definition) is 4. The Morgan fingerprint density at radius 2 is 1.96 bits per heavy atom.